The molecule has 0 bridgehead atoms. The van der Waals surface area contributed by atoms with Crippen LogP contribution < -0.4 is 10.2 Å². The molecule has 0 unspecified atom stereocenters. The number of ether oxygens (including phenoxy) is 1. The summed E-state index contributed by atoms with van der Waals surface area (Å²) in [4.78, 5) is 24.0. The summed E-state index contributed by atoms with van der Waals surface area (Å²) >= 11 is 0. The van der Waals surface area contributed by atoms with Gasteiger partial charge in [0.05, 0.1) is 6.54 Å². The maximum absolute atomic E-state index is 11.8. The molecule has 7 nitrogen and oxygen atoms in total. The molecule has 1 aromatic heterocycles. The fourth-order valence-electron chi connectivity index (χ4n) is 1.64. The number of methoxy groups -OCH3 is 1. The Hall–Kier alpha value is -1.89. The Morgan fingerprint density at radius 1 is 1.33 bits per heavy atom. The summed E-state index contributed by atoms with van der Waals surface area (Å²) in [7, 11) is 6.92. The summed E-state index contributed by atoms with van der Waals surface area (Å²) in [6.45, 7) is 3.53. The molecule has 118 valence electrons. The number of aromatic nitrogens is 2. The fourth-order valence-corrected chi connectivity index (χ4v) is 1.64. The Kier molecular flexibility index (Phi) is 6.87. The molecule has 0 aromatic carbocycles. The molecule has 1 heterocycles. The Balaban J connectivity index is 2.92. The molecule has 0 aliphatic carbocycles. The third kappa shape index (κ3) is 5.55. The third-order valence-corrected chi connectivity index (χ3v) is 2.85. The van der Waals surface area contributed by atoms with Gasteiger partial charge in [-0.1, -0.05) is 6.92 Å². The molecule has 1 amide bonds. The van der Waals surface area contributed by atoms with Crippen molar-refractivity contribution in [2.45, 2.75) is 20.0 Å². The highest BCUT2D eigenvalue weighted by Crippen LogP contribution is 2.15. The Morgan fingerprint density at radius 3 is 2.62 bits per heavy atom. The molecular weight excluding hydrogens is 270 g/mol. The minimum absolute atomic E-state index is 0.0208. The molecule has 0 saturated heterocycles. The molecule has 0 atom stereocenters. The molecular formula is C14H25N5O2. The van der Waals surface area contributed by atoms with E-state index in [0.29, 0.717) is 18.2 Å². The number of rotatable bonds is 8. The number of anilines is 2. The molecule has 1 rings (SSSR count). The molecule has 1 aromatic rings. The number of likely N-dealkylation sites (N-methyl/N-ethyl adjacent to an activating group) is 2. The molecule has 0 spiro atoms. The summed E-state index contributed by atoms with van der Waals surface area (Å²) in [5.41, 5.74) is 0. The average molecular weight is 295 g/mol. The second kappa shape index (κ2) is 8.41. The van der Waals surface area contributed by atoms with Gasteiger partial charge in [0.2, 0.25) is 5.91 Å². The smallest absolute Gasteiger partial charge is 0.241 e. The Morgan fingerprint density at radius 2 is 2.05 bits per heavy atom. The summed E-state index contributed by atoms with van der Waals surface area (Å²) in [5, 5.41) is 3.24. The molecule has 1 N–H and O–H groups in total. The normalized spacial score (nSPS) is 10.3. The van der Waals surface area contributed by atoms with Crippen LogP contribution in [-0.2, 0) is 16.1 Å². The van der Waals surface area contributed by atoms with Crippen LogP contribution in [0, 0.1) is 0 Å². The van der Waals surface area contributed by atoms with Crippen molar-refractivity contribution in [3.63, 3.8) is 0 Å². The van der Waals surface area contributed by atoms with Crippen molar-refractivity contribution >= 4 is 17.5 Å². The SMILES string of the molecule is CCCNc1cc(N(C)CC(=O)N(C)C)nc(COC)n1. The van der Waals surface area contributed by atoms with E-state index in [2.05, 4.69) is 22.2 Å². The van der Waals surface area contributed by atoms with E-state index >= 15 is 0 Å². The van der Waals surface area contributed by atoms with Crippen molar-refractivity contribution in [3.8, 4) is 0 Å². The lowest BCUT2D eigenvalue weighted by Gasteiger charge is -2.21. The second-order valence-electron chi connectivity index (χ2n) is 5.03. The van der Waals surface area contributed by atoms with Crippen LogP contribution in [0.4, 0.5) is 11.6 Å². The van der Waals surface area contributed by atoms with Crippen molar-refractivity contribution in [2.75, 3.05) is 51.6 Å². The van der Waals surface area contributed by atoms with Crippen LogP contribution in [0.25, 0.3) is 0 Å². The first-order valence-electron chi connectivity index (χ1n) is 7.00. The van der Waals surface area contributed by atoms with Gasteiger partial charge in [-0.3, -0.25) is 4.79 Å². The van der Waals surface area contributed by atoms with Gasteiger partial charge < -0.3 is 19.9 Å². The minimum Gasteiger partial charge on any atom is -0.377 e. The number of carbonyl (C=O) groups excluding carboxylic acids is 1. The van der Waals surface area contributed by atoms with Crippen molar-refractivity contribution in [1.82, 2.24) is 14.9 Å². The van der Waals surface area contributed by atoms with Gasteiger partial charge >= 0.3 is 0 Å². The van der Waals surface area contributed by atoms with Crippen molar-refractivity contribution in [3.05, 3.63) is 11.9 Å². The largest absolute Gasteiger partial charge is 0.377 e. The number of amides is 1. The zero-order chi connectivity index (χ0) is 15.8. The van der Waals surface area contributed by atoms with Crippen molar-refractivity contribution in [1.29, 1.82) is 0 Å². The van der Waals surface area contributed by atoms with Crippen molar-refractivity contribution in [2.24, 2.45) is 0 Å². The molecule has 0 radical (unpaired) electrons. The van der Waals surface area contributed by atoms with Crippen LogP contribution in [0.3, 0.4) is 0 Å². The third-order valence-electron chi connectivity index (χ3n) is 2.85. The van der Waals surface area contributed by atoms with E-state index < -0.39 is 0 Å². The number of hydrogen-bond donors (Lipinski definition) is 1. The standard InChI is InChI=1S/C14H25N5O2/c1-6-7-15-11-8-13(17-12(16-11)10-21-5)19(4)9-14(20)18(2)3/h8H,6-7,9-10H2,1-5H3,(H,15,16,17). The first-order chi connectivity index (χ1) is 9.97. The fraction of sp³-hybridized carbons (Fsp3) is 0.643. The zero-order valence-corrected chi connectivity index (χ0v) is 13.5. The van der Waals surface area contributed by atoms with Gasteiger partial charge in [-0.15, -0.1) is 0 Å². The van der Waals surface area contributed by atoms with Crippen LogP contribution in [0.15, 0.2) is 6.07 Å². The Bertz CT molecular complexity index is 465. The first-order valence-corrected chi connectivity index (χ1v) is 7.00. The predicted octanol–water partition coefficient (Wildman–Crippen LogP) is 0.969. The topological polar surface area (TPSA) is 70.6 Å². The van der Waals surface area contributed by atoms with Crippen molar-refractivity contribution < 1.29 is 9.53 Å². The van der Waals surface area contributed by atoms with E-state index in [1.54, 1.807) is 31.0 Å². The lowest BCUT2D eigenvalue weighted by Crippen LogP contribution is -2.35. The molecule has 0 saturated carbocycles. The maximum Gasteiger partial charge on any atom is 0.241 e. The number of nitrogens with zero attached hydrogens (tertiary/aromatic N) is 4. The number of hydrogen-bond acceptors (Lipinski definition) is 6. The lowest BCUT2D eigenvalue weighted by atomic mass is 10.4. The molecule has 21 heavy (non-hydrogen) atoms. The summed E-state index contributed by atoms with van der Waals surface area (Å²) in [5.74, 6) is 2.06. The molecule has 0 aliphatic rings. The van der Waals surface area contributed by atoms with E-state index in [4.69, 9.17) is 4.74 Å². The highest BCUT2D eigenvalue weighted by molar-refractivity contribution is 5.80. The van der Waals surface area contributed by atoms with Crippen LogP contribution in [-0.4, -0.2) is 62.1 Å². The summed E-state index contributed by atoms with van der Waals surface area (Å²) < 4.78 is 5.09. The second-order valence-corrected chi connectivity index (χ2v) is 5.03. The van der Waals surface area contributed by atoms with E-state index in [1.807, 2.05) is 13.1 Å². The minimum atomic E-state index is 0.0208. The van der Waals surface area contributed by atoms with Gasteiger partial charge in [-0.25, -0.2) is 9.97 Å². The quantitative estimate of drug-likeness (QED) is 0.770. The van der Waals surface area contributed by atoms with E-state index in [1.165, 1.54) is 0 Å². The van der Waals surface area contributed by atoms with Gasteiger partial charge in [-0.05, 0) is 6.42 Å². The Labute approximate surface area is 126 Å². The van der Waals surface area contributed by atoms with Gasteiger partial charge in [0, 0.05) is 40.9 Å². The van der Waals surface area contributed by atoms with E-state index in [0.717, 1.165) is 18.8 Å². The van der Waals surface area contributed by atoms with Crippen LogP contribution in [0.1, 0.15) is 19.2 Å². The zero-order valence-electron chi connectivity index (χ0n) is 13.5. The van der Waals surface area contributed by atoms with Gasteiger partial charge in [0.15, 0.2) is 5.82 Å². The summed E-state index contributed by atoms with van der Waals surface area (Å²) in [6.07, 6.45) is 1.01. The van der Waals surface area contributed by atoms with Crippen LogP contribution >= 0.6 is 0 Å². The maximum atomic E-state index is 11.8. The van der Waals surface area contributed by atoms with Gasteiger partial charge in [0.1, 0.15) is 18.2 Å². The lowest BCUT2D eigenvalue weighted by molar-refractivity contribution is -0.127. The van der Waals surface area contributed by atoms with Gasteiger partial charge in [-0.2, -0.15) is 0 Å². The summed E-state index contributed by atoms with van der Waals surface area (Å²) in [6, 6.07) is 1.84. The number of nitrogens with one attached hydrogen (secondary N) is 1. The molecule has 7 heteroatoms. The monoisotopic (exact) mass is 295 g/mol. The van der Waals surface area contributed by atoms with Crippen LogP contribution in [0.2, 0.25) is 0 Å². The predicted molar refractivity (Wildman–Crippen MR) is 83.5 cm³/mol. The highest BCUT2D eigenvalue weighted by Gasteiger charge is 2.13. The number of carbonyl (C=O) groups is 1. The van der Waals surface area contributed by atoms with Gasteiger partial charge in [0.25, 0.3) is 0 Å². The average Bonchev–Trinajstić information content (AvgIpc) is 2.45. The van der Waals surface area contributed by atoms with E-state index in [-0.39, 0.29) is 12.5 Å². The van der Waals surface area contributed by atoms with E-state index in [9.17, 15) is 4.79 Å². The molecule has 0 fully saturated rings. The highest BCUT2D eigenvalue weighted by atomic mass is 16.5. The molecule has 0 aliphatic heterocycles. The first kappa shape index (κ1) is 17.2. The van der Waals surface area contributed by atoms with Crippen LogP contribution in [0.5, 0.6) is 0 Å².